The molecule has 0 aliphatic carbocycles. The molecule has 0 aromatic rings. The molecule has 0 fully saturated rings. The predicted molar refractivity (Wildman–Crippen MR) is 35.8 cm³/mol. The lowest BCUT2D eigenvalue weighted by molar-refractivity contribution is 0.0947. The van der Waals surface area contributed by atoms with Gasteiger partial charge in [0.1, 0.15) is 6.23 Å². The fourth-order valence-electron chi connectivity index (χ4n) is 0.392. The maximum Gasteiger partial charge on any atom is 0.124 e. The van der Waals surface area contributed by atoms with Gasteiger partial charge in [-0.15, -0.1) is 0 Å². The normalized spacial score (nSPS) is 12.8. The third-order valence-corrected chi connectivity index (χ3v) is 0.952. The van der Waals surface area contributed by atoms with Crippen LogP contribution in [0.5, 0.6) is 0 Å². The Kier molecular flexibility index (Phi) is 4.09. The molecule has 0 aliphatic rings. The fraction of sp³-hybridized carbons (Fsp3) is 0.667. The average Bonchev–Trinajstić information content (AvgIpc) is 1.87. The fourth-order valence-corrected chi connectivity index (χ4v) is 0.392. The molecule has 54 valence electrons. The van der Waals surface area contributed by atoms with Gasteiger partial charge in [0, 0.05) is 12.8 Å². The van der Waals surface area contributed by atoms with Gasteiger partial charge in [-0.05, 0) is 6.92 Å². The summed E-state index contributed by atoms with van der Waals surface area (Å²) in [7, 11) is 1.59. The SMILES string of the molecule is C=C(CO)NC(C)OC. The van der Waals surface area contributed by atoms with Crippen LogP contribution in [0.4, 0.5) is 0 Å². The van der Waals surface area contributed by atoms with Gasteiger partial charge in [0.05, 0.1) is 6.61 Å². The number of nitrogens with one attached hydrogen (secondary N) is 1. The van der Waals surface area contributed by atoms with Gasteiger partial charge in [-0.2, -0.15) is 0 Å². The van der Waals surface area contributed by atoms with Crippen molar-refractivity contribution in [1.82, 2.24) is 5.32 Å². The minimum absolute atomic E-state index is 0.0479. The quantitative estimate of drug-likeness (QED) is 0.531. The number of methoxy groups -OCH3 is 1. The highest BCUT2D eigenvalue weighted by Crippen LogP contribution is 1.86. The van der Waals surface area contributed by atoms with Crippen LogP contribution in [0.2, 0.25) is 0 Å². The Morgan fingerprint density at radius 2 is 2.44 bits per heavy atom. The van der Waals surface area contributed by atoms with E-state index in [4.69, 9.17) is 9.84 Å². The minimum atomic E-state index is -0.0790. The van der Waals surface area contributed by atoms with Crippen LogP contribution in [0.1, 0.15) is 6.92 Å². The highest BCUT2D eigenvalue weighted by atomic mass is 16.5. The second-order valence-corrected chi connectivity index (χ2v) is 1.78. The first-order chi connectivity index (χ1) is 4.20. The van der Waals surface area contributed by atoms with Gasteiger partial charge in [-0.25, -0.2) is 0 Å². The summed E-state index contributed by atoms with van der Waals surface area (Å²) in [5.41, 5.74) is 0.573. The first-order valence-corrected chi connectivity index (χ1v) is 2.78. The van der Waals surface area contributed by atoms with E-state index in [0.717, 1.165) is 0 Å². The Labute approximate surface area is 55.3 Å². The zero-order chi connectivity index (χ0) is 7.28. The smallest absolute Gasteiger partial charge is 0.124 e. The molecule has 0 saturated heterocycles. The highest BCUT2D eigenvalue weighted by molar-refractivity contribution is 4.90. The molecule has 0 saturated carbocycles. The van der Waals surface area contributed by atoms with E-state index in [0.29, 0.717) is 5.70 Å². The second kappa shape index (κ2) is 4.35. The lowest BCUT2D eigenvalue weighted by Crippen LogP contribution is -2.27. The summed E-state index contributed by atoms with van der Waals surface area (Å²) in [5.74, 6) is 0. The Hall–Kier alpha value is -0.540. The molecule has 1 unspecified atom stereocenters. The molecule has 0 amide bonds. The molecule has 1 atom stereocenters. The molecule has 0 rings (SSSR count). The van der Waals surface area contributed by atoms with E-state index in [2.05, 4.69) is 11.9 Å². The highest BCUT2D eigenvalue weighted by Gasteiger charge is 1.96. The third kappa shape index (κ3) is 4.00. The van der Waals surface area contributed by atoms with Gasteiger partial charge >= 0.3 is 0 Å². The molecule has 2 N–H and O–H groups in total. The standard InChI is InChI=1S/C6H13NO2/c1-5(4-8)7-6(2)9-3/h6-8H,1,4H2,2-3H3. The van der Waals surface area contributed by atoms with E-state index in [1.807, 2.05) is 6.92 Å². The Morgan fingerprint density at radius 1 is 1.89 bits per heavy atom. The summed E-state index contributed by atoms with van der Waals surface area (Å²) in [5, 5.41) is 11.3. The molecule has 0 bridgehead atoms. The molecule has 9 heavy (non-hydrogen) atoms. The molecule has 0 aromatic heterocycles. The summed E-state index contributed by atoms with van der Waals surface area (Å²) in [4.78, 5) is 0. The van der Waals surface area contributed by atoms with Crippen LogP contribution in [0, 0.1) is 0 Å². The van der Waals surface area contributed by atoms with E-state index < -0.39 is 0 Å². The van der Waals surface area contributed by atoms with Gasteiger partial charge in [0.25, 0.3) is 0 Å². The van der Waals surface area contributed by atoms with Crippen molar-refractivity contribution in [2.75, 3.05) is 13.7 Å². The Balaban J connectivity index is 3.34. The maximum absolute atomic E-state index is 8.46. The van der Waals surface area contributed by atoms with Crippen LogP contribution in [0.15, 0.2) is 12.3 Å². The van der Waals surface area contributed by atoms with E-state index in [9.17, 15) is 0 Å². The molecular formula is C6H13NO2. The van der Waals surface area contributed by atoms with Crippen LogP contribution >= 0.6 is 0 Å². The van der Waals surface area contributed by atoms with Crippen molar-refractivity contribution in [2.45, 2.75) is 13.2 Å². The summed E-state index contributed by atoms with van der Waals surface area (Å²) in [6.45, 7) is 5.31. The van der Waals surface area contributed by atoms with Crippen LogP contribution in [-0.2, 0) is 4.74 Å². The molecule has 0 spiro atoms. The Morgan fingerprint density at radius 3 is 2.78 bits per heavy atom. The topological polar surface area (TPSA) is 41.5 Å². The van der Waals surface area contributed by atoms with Gasteiger partial charge < -0.3 is 15.2 Å². The molecular weight excluding hydrogens is 118 g/mol. The van der Waals surface area contributed by atoms with Crippen LogP contribution in [-0.4, -0.2) is 25.1 Å². The van der Waals surface area contributed by atoms with Gasteiger partial charge in [0.15, 0.2) is 0 Å². The number of ether oxygens (including phenoxy) is 1. The van der Waals surface area contributed by atoms with Gasteiger partial charge in [-0.3, -0.25) is 0 Å². The van der Waals surface area contributed by atoms with E-state index >= 15 is 0 Å². The lowest BCUT2D eigenvalue weighted by Gasteiger charge is -2.12. The van der Waals surface area contributed by atoms with Crippen LogP contribution in [0.25, 0.3) is 0 Å². The number of aliphatic hydroxyl groups is 1. The van der Waals surface area contributed by atoms with Gasteiger partial charge in [-0.1, -0.05) is 6.58 Å². The second-order valence-electron chi connectivity index (χ2n) is 1.78. The van der Waals surface area contributed by atoms with Crippen molar-refractivity contribution in [1.29, 1.82) is 0 Å². The van der Waals surface area contributed by atoms with Crippen molar-refractivity contribution in [2.24, 2.45) is 0 Å². The summed E-state index contributed by atoms with van der Waals surface area (Å²) < 4.78 is 4.84. The number of hydrogen-bond acceptors (Lipinski definition) is 3. The third-order valence-electron chi connectivity index (χ3n) is 0.952. The first kappa shape index (κ1) is 8.46. The Bertz CT molecular complexity index is 93.1. The summed E-state index contributed by atoms with van der Waals surface area (Å²) in [6.07, 6.45) is -0.0790. The zero-order valence-corrected chi connectivity index (χ0v) is 5.85. The monoisotopic (exact) mass is 131 g/mol. The first-order valence-electron chi connectivity index (χ1n) is 2.78. The molecule has 0 aromatic carbocycles. The van der Waals surface area contributed by atoms with Crippen molar-refractivity contribution < 1.29 is 9.84 Å². The average molecular weight is 131 g/mol. The molecule has 0 aliphatic heterocycles. The molecule has 3 nitrogen and oxygen atoms in total. The number of aliphatic hydroxyl groups excluding tert-OH is 1. The minimum Gasteiger partial charge on any atom is -0.390 e. The maximum atomic E-state index is 8.46. The summed E-state index contributed by atoms with van der Waals surface area (Å²) in [6, 6.07) is 0. The number of hydrogen-bond donors (Lipinski definition) is 2. The van der Waals surface area contributed by atoms with Gasteiger partial charge in [0.2, 0.25) is 0 Å². The predicted octanol–water partition coefficient (Wildman–Crippen LogP) is 0.0744. The van der Waals surface area contributed by atoms with Crippen LogP contribution in [0.3, 0.4) is 0 Å². The molecule has 3 heteroatoms. The molecule has 0 radical (unpaired) electrons. The van der Waals surface area contributed by atoms with Crippen molar-refractivity contribution >= 4 is 0 Å². The largest absolute Gasteiger partial charge is 0.390 e. The van der Waals surface area contributed by atoms with Crippen molar-refractivity contribution in [3.8, 4) is 0 Å². The van der Waals surface area contributed by atoms with Crippen molar-refractivity contribution in [3.05, 3.63) is 12.3 Å². The van der Waals surface area contributed by atoms with E-state index in [1.54, 1.807) is 7.11 Å². The molecule has 0 heterocycles. The summed E-state index contributed by atoms with van der Waals surface area (Å²) >= 11 is 0. The van der Waals surface area contributed by atoms with Crippen molar-refractivity contribution in [3.63, 3.8) is 0 Å². The lowest BCUT2D eigenvalue weighted by atomic mass is 10.5. The number of rotatable bonds is 4. The van der Waals surface area contributed by atoms with E-state index in [1.165, 1.54) is 0 Å². The van der Waals surface area contributed by atoms with Crippen LogP contribution < -0.4 is 5.32 Å². The van der Waals surface area contributed by atoms with E-state index in [-0.39, 0.29) is 12.8 Å². The zero-order valence-electron chi connectivity index (χ0n) is 5.85.